The molecule has 0 radical (unpaired) electrons. The van der Waals surface area contributed by atoms with Crippen molar-refractivity contribution in [2.75, 3.05) is 18.5 Å². The van der Waals surface area contributed by atoms with Gasteiger partial charge in [0.15, 0.2) is 11.6 Å². The lowest BCUT2D eigenvalue weighted by Crippen LogP contribution is -2.15. The maximum absolute atomic E-state index is 13.2. The smallest absolute Gasteiger partial charge is 0.335 e. The van der Waals surface area contributed by atoms with Crippen molar-refractivity contribution in [3.05, 3.63) is 42.0 Å². The van der Waals surface area contributed by atoms with E-state index in [4.69, 9.17) is 4.74 Å². The van der Waals surface area contributed by atoms with Crippen LogP contribution in [0.2, 0.25) is 0 Å². The summed E-state index contributed by atoms with van der Waals surface area (Å²) in [6.07, 6.45) is 0. The number of rotatable bonds is 5. The quantitative estimate of drug-likeness (QED) is 0.635. The summed E-state index contributed by atoms with van der Waals surface area (Å²) >= 11 is 0. The number of halogens is 2. The van der Waals surface area contributed by atoms with Gasteiger partial charge >= 0.3 is 5.97 Å². The van der Waals surface area contributed by atoms with E-state index in [0.29, 0.717) is 0 Å². The molecule has 1 N–H and O–H groups in total. The molecule has 0 spiro atoms. The van der Waals surface area contributed by atoms with Crippen molar-refractivity contribution in [1.82, 2.24) is 0 Å². The Balaban J connectivity index is 2.59. The van der Waals surface area contributed by atoms with E-state index in [9.17, 15) is 13.6 Å². The summed E-state index contributed by atoms with van der Waals surface area (Å²) in [6, 6.07) is 3.76. The second-order valence-electron chi connectivity index (χ2n) is 3.28. The first-order valence-electron chi connectivity index (χ1n) is 5.09. The topological polar surface area (TPSA) is 38.3 Å². The molecule has 0 heterocycles. The van der Waals surface area contributed by atoms with Gasteiger partial charge in [-0.1, -0.05) is 12.6 Å². The number of nitrogens with one attached hydrogen (secondary N) is 1. The van der Waals surface area contributed by atoms with Gasteiger partial charge in [-0.3, -0.25) is 0 Å². The van der Waals surface area contributed by atoms with E-state index < -0.39 is 17.6 Å². The standard InChI is InChI=1S/C12H13F2NO2/c1-3-17-12(16)8(2)7-15-10-6-4-5-9(13)11(10)14/h4-6,15H,2-3,7H2,1H3. The highest BCUT2D eigenvalue weighted by Crippen LogP contribution is 2.16. The first-order chi connectivity index (χ1) is 8.06. The van der Waals surface area contributed by atoms with E-state index >= 15 is 0 Å². The monoisotopic (exact) mass is 241 g/mol. The zero-order valence-electron chi connectivity index (χ0n) is 9.43. The normalized spacial score (nSPS) is 9.82. The van der Waals surface area contributed by atoms with E-state index in [0.717, 1.165) is 6.07 Å². The number of esters is 1. The molecule has 0 unspecified atom stereocenters. The molecular formula is C12H13F2NO2. The third-order valence-corrected chi connectivity index (χ3v) is 2.01. The number of carbonyl (C=O) groups excluding carboxylic acids is 1. The molecule has 5 heteroatoms. The molecule has 0 amide bonds. The predicted octanol–water partition coefficient (Wildman–Crippen LogP) is 2.50. The number of hydrogen-bond acceptors (Lipinski definition) is 3. The van der Waals surface area contributed by atoms with Crippen LogP contribution in [0.5, 0.6) is 0 Å². The van der Waals surface area contributed by atoms with Crippen LogP contribution in [-0.2, 0) is 9.53 Å². The summed E-state index contributed by atoms with van der Waals surface area (Å²) in [5.74, 6) is -2.49. The average molecular weight is 241 g/mol. The summed E-state index contributed by atoms with van der Waals surface area (Å²) in [5.41, 5.74) is 0.131. The van der Waals surface area contributed by atoms with Gasteiger partial charge in [0.25, 0.3) is 0 Å². The van der Waals surface area contributed by atoms with Crippen molar-refractivity contribution in [2.24, 2.45) is 0 Å². The highest BCUT2D eigenvalue weighted by Gasteiger charge is 2.10. The van der Waals surface area contributed by atoms with Crippen LogP contribution in [0.3, 0.4) is 0 Å². The third-order valence-electron chi connectivity index (χ3n) is 2.01. The van der Waals surface area contributed by atoms with Crippen LogP contribution in [0, 0.1) is 11.6 Å². The lowest BCUT2D eigenvalue weighted by molar-refractivity contribution is -0.138. The molecule has 1 rings (SSSR count). The van der Waals surface area contributed by atoms with Crippen LogP contribution in [0.1, 0.15) is 6.92 Å². The molecule has 0 aromatic heterocycles. The molecule has 0 bridgehead atoms. The first-order valence-corrected chi connectivity index (χ1v) is 5.09. The predicted molar refractivity (Wildman–Crippen MR) is 60.6 cm³/mol. The Morgan fingerprint density at radius 1 is 1.47 bits per heavy atom. The van der Waals surface area contributed by atoms with Gasteiger partial charge in [0.1, 0.15) is 0 Å². The maximum Gasteiger partial charge on any atom is 0.335 e. The van der Waals surface area contributed by atoms with Crippen molar-refractivity contribution in [3.8, 4) is 0 Å². The molecule has 0 aliphatic rings. The molecular weight excluding hydrogens is 228 g/mol. The highest BCUT2D eigenvalue weighted by atomic mass is 19.2. The van der Waals surface area contributed by atoms with Gasteiger partial charge in [0.2, 0.25) is 0 Å². The van der Waals surface area contributed by atoms with E-state index in [1.54, 1.807) is 6.92 Å². The van der Waals surface area contributed by atoms with Crippen LogP contribution in [0.25, 0.3) is 0 Å². The van der Waals surface area contributed by atoms with Gasteiger partial charge in [-0.25, -0.2) is 13.6 Å². The Labute approximate surface area is 98.1 Å². The van der Waals surface area contributed by atoms with Crippen molar-refractivity contribution < 1.29 is 18.3 Å². The maximum atomic E-state index is 13.2. The number of hydrogen-bond donors (Lipinski definition) is 1. The lowest BCUT2D eigenvalue weighted by atomic mass is 10.2. The summed E-state index contributed by atoms with van der Waals surface area (Å²) in [5, 5.41) is 2.58. The summed E-state index contributed by atoms with van der Waals surface area (Å²) in [6.45, 7) is 5.40. The van der Waals surface area contributed by atoms with Crippen LogP contribution < -0.4 is 5.32 Å². The van der Waals surface area contributed by atoms with Crippen molar-refractivity contribution in [2.45, 2.75) is 6.92 Å². The minimum absolute atomic E-state index is 0.000787. The van der Waals surface area contributed by atoms with Gasteiger partial charge in [-0.2, -0.15) is 0 Å². The molecule has 17 heavy (non-hydrogen) atoms. The van der Waals surface area contributed by atoms with Gasteiger partial charge in [-0.05, 0) is 19.1 Å². The fourth-order valence-electron chi connectivity index (χ4n) is 1.15. The Morgan fingerprint density at radius 3 is 2.82 bits per heavy atom. The van der Waals surface area contributed by atoms with Crippen LogP contribution >= 0.6 is 0 Å². The Kier molecular flexibility index (Phi) is 4.63. The SMILES string of the molecule is C=C(CNc1cccc(F)c1F)C(=O)OCC. The fraction of sp³-hybridized carbons (Fsp3) is 0.250. The second kappa shape index (κ2) is 5.98. The Morgan fingerprint density at radius 2 is 2.18 bits per heavy atom. The molecule has 0 saturated heterocycles. The number of anilines is 1. The van der Waals surface area contributed by atoms with Crippen LogP contribution in [0.4, 0.5) is 14.5 Å². The third kappa shape index (κ3) is 3.55. The van der Waals surface area contributed by atoms with Gasteiger partial charge in [-0.15, -0.1) is 0 Å². The second-order valence-corrected chi connectivity index (χ2v) is 3.28. The molecule has 0 aliphatic carbocycles. The lowest BCUT2D eigenvalue weighted by Gasteiger charge is -2.09. The number of benzene rings is 1. The van der Waals surface area contributed by atoms with Crippen LogP contribution in [0.15, 0.2) is 30.4 Å². The summed E-state index contributed by atoms with van der Waals surface area (Å²) in [7, 11) is 0. The molecule has 3 nitrogen and oxygen atoms in total. The minimum Gasteiger partial charge on any atom is -0.463 e. The Bertz CT molecular complexity index is 433. The Hall–Kier alpha value is -1.91. The molecule has 0 saturated carbocycles. The van der Waals surface area contributed by atoms with Gasteiger partial charge in [0.05, 0.1) is 12.3 Å². The van der Waals surface area contributed by atoms with Gasteiger partial charge < -0.3 is 10.1 Å². The van der Waals surface area contributed by atoms with Crippen molar-refractivity contribution >= 4 is 11.7 Å². The zero-order chi connectivity index (χ0) is 12.8. The largest absolute Gasteiger partial charge is 0.463 e. The molecule has 92 valence electrons. The number of ether oxygens (including phenoxy) is 1. The van der Waals surface area contributed by atoms with E-state index in [1.807, 2.05) is 0 Å². The van der Waals surface area contributed by atoms with E-state index in [1.165, 1.54) is 12.1 Å². The minimum atomic E-state index is -0.982. The summed E-state index contributed by atoms with van der Waals surface area (Å²) < 4.78 is 30.8. The molecule has 0 aliphatic heterocycles. The van der Waals surface area contributed by atoms with Gasteiger partial charge in [0, 0.05) is 12.1 Å². The molecule has 0 fully saturated rings. The average Bonchev–Trinajstić information content (AvgIpc) is 2.31. The molecule has 0 atom stereocenters. The number of carbonyl (C=O) groups is 1. The van der Waals surface area contributed by atoms with Crippen molar-refractivity contribution in [1.29, 1.82) is 0 Å². The first kappa shape index (κ1) is 13.2. The highest BCUT2D eigenvalue weighted by molar-refractivity contribution is 5.88. The molecule has 1 aromatic rings. The summed E-state index contributed by atoms with van der Waals surface area (Å²) in [4.78, 5) is 11.2. The zero-order valence-corrected chi connectivity index (χ0v) is 9.43. The van der Waals surface area contributed by atoms with E-state index in [-0.39, 0.29) is 24.4 Å². The van der Waals surface area contributed by atoms with Crippen molar-refractivity contribution in [3.63, 3.8) is 0 Å². The fourth-order valence-corrected chi connectivity index (χ4v) is 1.15. The van der Waals surface area contributed by atoms with Crippen LogP contribution in [-0.4, -0.2) is 19.1 Å². The molecule has 1 aromatic carbocycles. The van der Waals surface area contributed by atoms with E-state index in [2.05, 4.69) is 11.9 Å².